The summed E-state index contributed by atoms with van der Waals surface area (Å²) in [4.78, 5) is 0. The van der Waals surface area contributed by atoms with Gasteiger partial charge in [-0.3, -0.25) is 0 Å². The highest BCUT2D eigenvalue weighted by atomic mass is 16.9. The van der Waals surface area contributed by atoms with Crippen LogP contribution in [0.3, 0.4) is 0 Å². The van der Waals surface area contributed by atoms with Crippen molar-refractivity contribution in [2.45, 2.75) is 63.4 Å². The molecule has 0 bridgehead atoms. The molecular weight excluding hydrogens is 276 g/mol. The average Bonchev–Trinajstić information content (AvgIpc) is 2.81. The van der Waals surface area contributed by atoms with Crippen LogP contribution >= 0.6 is 0 Å². The zero-order chi connectivity index (χ0) is 15.3. The van der Waals surface area contributed by atoms with E-state index in [1.54, 1.807) is 0 Å². The van der Waals surface area contributed by atoms with Crippen molar-refractivity contribution in [3.8, 4) is 12.3 Å². The molecular formula is C15H22O6. The summed E-state index contributed by atoms with van der Waals surface area (Å²) in [5.41, 5.74) is 0. The highest BCUT2D eigenvalue weighted by molar-refractivity contribution is 5.03. The van der Waals surface area contributed by atoms with E-state index >= 15 is 0 Å². The first-order valence-corrected chi connectivity index (χ1v) is 7.16. The minimum atomic E-state index is -1.01. The summed E-state index contributed by atoms with van der Waals surface area (Å²) in [7, 11) is 0. The molecule has 0 saturated carbocycles. The van der Waals surface area contributed by atoms with Crippen molar-refractivity contribution in [2.24, 2.45) is 0 Å². The lowest BCUT2D eigenvalue weighted by Gasteiger charge is -2.40. The van der Waals surface area contributed by atoms with E-state index in [1.807, 2.05) is 27.7 Å². The second-order valence-corrected chi connectivity index (χ2v) is 6.50. The summed E-state index contributed by atoms with van der Waals surface area (Å²) in [5, 5.41) is 0. The zero-order valence-corrected chi connectivity index (χ0v) is 12.9. The van der Waals surface area contributed by atoms with Crippen LogP contribution in [0.25, 0.3) is 0 Å². The highest BCUT2D eigenvalue weighted by Crippen LogP contribution is 2.47. The molecule has 0 aromatic heterocycles. The monoisotopic (exact) mass is 298 g/mol. The molecule has 3 aliphatic rings. The molecule has 21 heavy (non-hydrogen) atoms. The lowest BCUT2D eigenvalue weighted by atomic mass is 9.97. The molecule has 4 atom stereocenters. The summed E-state index contributed by atoms with van der Waals surface area (Å²) in [6.07, 6.45) is 4.36. The Hall–Kier alpha value is -0.680. The molecule has 3 aliphatic heterocycles. The van der Waals surface area contributed by atoms with Gasteiger partial charge in [-0.1, -0.05) is 5.92 Å². The van der Waals surface area contributed by atoms with E-state index in [0.29, 0.717) is 6.61 Å². The van der Waals surface area contributed by atoms with E-state index in [9.17, 15) is 0 Å². The Bertz CT molecular complexity index is 454. The lowest BCUT2D eigenvalue weighted by molar-refractivity contribution is -0.297. The van der Waals surface area contributed by atoms with Crippen LogP contribution in [0, 0.1) is 12.3 Å². The first kappa shape index (κ1) is 15.2. The molecule has 3 fully saturated rings. The Morgan fingerprint density at radius 3 is 2.62 bits per heavy atom. The Morgan fingerprint density at radius 1 is 1.14 bits per heavy atom. The van der Waals surface area contributed by atoms with E-state index in [-0.39, 0.29) is 25.4 Å². The van der Waals surface area contributed by atoms with Crippen LogP contribution in [0.15, 0.2) is 0 Å². The maximum atomic E-state index is 6.01. The Morgan fingerprint density at radius 2 is 1.90 bits per heavy atom. The first-order valence-electron chi connectivity index (χ1n) is 7.16. The fraction of sp³-hybridized carbons (Fsp3) is 0.867. The molecule has 0 radical (unpaired) electrons. The molecule has 0 unspecified atom stereocenters. The molecule has 0 N–H and O–H groups in total. The van der Waals surface area contributed by atoms with Gasteiger partial charge in [0.1, 0.15) is 31.5 Å². The van der Waals surface area contributed by atoms with Crippen molar-refractivity contribution in [3.05, 3.63) is 0 Å². The van der Waals surface area contributed by atoms with E-state index in [0.717, 1.165) is 0 Å². The summed E-state index contributed by atoms with van der Waals surface area (Å²) in [5.74, 6) is -0.0195. The van der Waals surface area contributed by atoms with Gasteiger partial charge in [0.15, 0.2) is 11.6 Å². The summed E-state index contributed by atoms with van der Waals surface area (Å²) < 4.78 is 35.2. The van der Waals surface area contributed by atoms with Gasteiger partial charge in [-0.15, -0.1) is 6.42 Å². The SMILES string of the molecule is C#CCOC[C@@]12OC[C@H]3OC(C)(C)O[C@H]3[C@@H]1OC(C)(C)O2. The first-order chi connectivity index (χ1) is 9.77. The molecule has 0 aromatic rings. The highest BCUT2D eigenvalue weighted by Gasteiger charge is 2.65. The van der Waals surface area contributed by atoms with E-state index in [2.05, 4.69) is 5.92 Å². The molecule has 3 saturated heterocycles. The van der Waals surface area contributed by atoms with Gasteiger partial charge >= 0.3 is 0 Å². The quantitative estimate of drug-likeness (QED) is 0.573. The number of terminal acetylenes is 1. The van der Waals surface area contributed by atoms with Crippen LogP contribution < -0.4 is 0 Å². The average molecular weight is 298 g/mol. The van der Waals surface area contributed by atoms with Crippen LogP contribution in [-0.2, 0) is 28.4 Å². The maximum absolute atomic E-state index is 6.01. The Labute approximate surface area is 125 Å². The maximum Gasteiger partial charge on any atom is 0.224 e. The van der Waals surface area contributed by atoms with Gasteiger partial charge in [-0.25, -0.2) is 0 Å². The molecule has 0 aliphatic carbocycles. The number of hydrogen-bond acceptors (Lipinski definition) is 6. The third kappa shape index (κ3) is 2.70. The van der Waals surface area contributed by atoms with Gasteiger partial charge in [0.2, 0.25) is 5.79 Å². The van der Waals surface area contributed by atoms with Gasteiger partial charge < -0.3 is 28.4 Å². The van der Waals surface area contributed by atoms with E-state index < -0.39 is 23.5 Å². The van der Waals surface area contributed by atoms with E-state index in [4.69, 9.17) is 34.8 Å². The van der Waals surface area contributed by atoms with Crippen LogP contribution in [0.4, 0.5) is 0 Å². The zero-order valence-electron chi connectivity index (χ0n) is 12.9. The fourth-order valence-electron chi connectivity index (χ4n) is 3.20. The molecule has 0 amide bonds. The fourth-order valence-corrected chi connectivity index (χ4v) is 3.20. The largest absolute Gasteiger partial charge is 0.363 e. The smallest absolute Gasteiger partial charge is 0.224 e. The van der Waals surface area contributed by atoms with Gasteiger partial charge in [-0.2, -0.15) is 0 Å². The molecule has 6 heteroatoms. The Kier molecular flexibility index (Phi) is 3.56. The standard InChI is InChI=1S/C15H22O6/c1-6-7-16-9-15-12(20-14(4,5)21-15)11-10(8-17-15)18-13(2,3)19-11/h1,10-12H,7-9H2,2-5H3/t10-,11-,12+,15+/m1/s1. The van der Waals surface area contributed by atoms with Crippen molar-refractivity contribution < 1.29 is 28.4 Å². The summed E-state index contributed by atoms with van der Waals surface area (Å²) >= 11 is 0. The van der Waals surface area contributed by atoms with Gasteiger partial charge in [0.25, 0.3) is 0 Å². The van der Waals surface area contributed by atoms with Crippen molar-refractivity contribution in [1.29, 1.82) is 0 Å². The van der Waals surface area contributed by atoms with Gasteiger partial charge in [0.05, 0.1) is 6.61 Å². The predicted molar refractivity (Wildman–Crippen MR) is 72.2 cm³/mol. The molecule has 0 spiro atoms. The van der Waals surface area contributed by atoms with Crippen molar-refractivity contribution in [2.75, 3.05) is 19.8 Å². The van der Waals surface area contributed by atoms with E-state index in [1.165, 1.54) is 0 Å². The van der Waals surface area contributed by atoms with Crippen LogP contribution in [0.1, 0.15) is 27.7 Å². The van der Waals surface area contributed by atoms with Crippen LogP contribution in [-0.4, -0.2) is 55.5 Å². The second kappa shape index (κ2) is 4.92. The van der Waals surface area contributed by atoms with Crippen molar-refractivity contribution in [3.63, 3.8) is 0 Å². The molecule has 3 heterocycles. The number of fused-ring (bicyclic) bond motifs is 3. The van der Waals surface area contributed by atoms with Crippen LogP contribution in [0.2, 0.25) is 0 Å². The molecule has 0 aromatic carbocycles. The predicted octanol–water partition coefficient (Wildman–Crippen LogP) is 1.03. The number of ether oxygens (including phenoxy) is 6. The minimum Gasteiger partial charge on any atom is -0.363 e. The summed E-state index contributed by atoms with van der Waals surface area (Å²) in [6, 6.07) is 0. The molecule has 3 rings (SSSR count). The third-order valence-corrected chi connectivity index (χ3v) is 3.76. The number of rotatable bonds is 3. The second-order valence-electron chi connectivity index (χ2n) is 6.50. The van der Waals surface area contributed by atoms with Gasteiger partial charge in [-0.05, 0) is 27.7 Å². The Balaban J connectivity index is 1.83. The van der Waals surface area contributed by atoms with Crippen molar-refractivity contribution in [1.82, 2.24) is 0 Å². The normalized spacial score (nSPS) is 43.1. The van der Waals surface area contributed by atoms with Crippen LogP contribution in [0.5, 0.6) is 0 Å². The molecule has 118 valence electrons. The number of hydrogen-bond donors (Lipinski definition) is 0. The van der Waals surface area contributed by atoms with Gasteiger partial charge in [0, 0.05) is 0 Å². The molecule has 6 nitrogen and oxygen atoms in total. The topological polar surface area (TPSA) is 55.4 Å². The lowest BCUT2D eigenvalue weighted by Crippen LogP contribution is -2.60. The minimum absolute atomic E-state index is 0.178. The third-order valence-electron chi connectivity index (χ3n) is 3.76. The van der Waals surface area contributed by atoms with Crippen molar-refractivity contribution >= 4 is 0 Å². The summed E-state index contributed by atoms with van der Waals surface area (Å²) in [6.45, 7) is 8.19.